The summed E-state index contributed by atoms with van der Waals surface area (Å²) in [7, 11) is 1.64. The number of anilines is 2. The van der Waals surface area contributed by atoms with Gasteiger partial charge < -0.3 is 15.8 Å². The van der Waals surface area contributed by atoms with Gasteiger partial charge in [-0.2, -0.15) is 5.10 Å². The molecular weight excluding hydrogens is 416 g/mol. The van der Waals surface area contributed by atoms with Gasteiger partial charge in [0, 0.05) is 30.8 Å². The lowest BCUT2D eigenvalue weighted by atomic mass is 10.0. The number of carbonyl (C=O) groups excluding carboxylic acids is 1. The van der Waals surface area contributed by atoms with Gasteiger partial charge >= 0.3 is 0 Å². The van der Waals surface area contributed by atoms with Gasteiger partial charge in [-0.25, -0.2) is 9.50 Å². The number of aromatic nitrogens is 4. The first-order valence-corrected chi connectivity index (χ1v) is 10.5. The second kappa shape index (κ2) is 9.51. The summed E-state index contributed by atoms with van der Waals surface area (Å²) in [6.07, 6.45) is 4.74. The van der Waals surface area contributed by atoms with Gasteiger partial charge in [0.2, 0.25) is 0 Å². The van der Waals surface area contributed by atoms with Crippen LogP contribution in [-0.2, 0) is 11.3 Å². The van der Waals surface area contributed by atoms with Gasteiger partial charge in [0.25, 0.3) is 5.91 Å². The summed E-state index contributed by atoms with van der Waals surface area (Å²) in [4.78, 5) is 21.7. The summed E-state index contributed by atoms with van der Waals surface area (Å²) in [6, 6.07) is 11.1. The highest BCUT2D eigenvalue weighted by Gasteiger charge is 2.27. The normalized spacial score (nSPS) is 10.8. The topological polar surface area (TPSA) is 107 Å². The molecule has 3 heterocycles. The van der Waals surface area contributed by atoms with Crippen LogP contribution in [0.15, 0.2) is 55.1 Å². The van der Waals surface area contributed by atoms with Crippen molar-refractivity contribution in [3.05, 3.63) is 83.1 Å². The lowest BCUT2D eigenvalue weighted by Crippen LogP contribution is -2.14. The standard InChI is InChI=1S/C25H24N6O2/c1-16(2)22-20(11-8-17-5-4-12-27-13-17)21(23-24(26)28-15-29-31(22)23)25(32)30-19-9-6-18(7-10-19)14-33-3/h4-7,9-10,12-13,15-16H,14H2,1-3H3,(H,30,32)(H2,26,28,29). The van der Waals surface area contributed by atoms with E-state index in [1.54, 1.807) is 24.0 Å². The lowest BCUT2D eigenvalue weighted by Gasteiger charge is -2.07. The second-order valence-electron chi connectivity index (χ2n) is 7.77. The number of methoxy groups -OCH3 is 1. The Kier molecular flexibility index (Phi) is 6.33. The molecule has 1 amide bonds. The summed E-state index contributed by atoms with van der Waals surface area (Å²) in [6.45, 7) is 4.54. The number of hydrogen-bond acceptors (Lipinski definition) is 6. The Bertz CT molecular complexity index is 1350. The summed E-state index contributed by atoms with van der Waals surface area (Å²) < 4.78 is 6.81. The van der Waals surface area contributed by atoms with Crippen molar-refractivity contribution >= 4 is 22.9 Å². The number of benzene rings is 1. The van der Waals surface area contributed by atoms with Gasteiger partial charge in [-0.15, -0.1) is 0 Å². The fourth-order valence-corrected chi connectivity index (χ4v) is 3.63. The molecule has 33 heavy (non-hydrogen) atoms. The molecule has 4 aromatic rings. The molecule has 0 radical (unpaired) electrons. The molecule has 1 aromatic carbocycles. The summed E-state index contributed by atoms with van der Waals surface area (Å²) in [5.41, 5.74) is 10.7. The van der Waals surface area contributed by atoms with E-state index in [0.717, 1.165) is 16.8 Å². The Morgan fingerprint density at radius 2 is 2.00 bits per heavy atom. The Hall–Kier alpha value is -4.22. The van der Waals surface area contributed by atoms with Crippen molar-refractivity contribution in [1.82, 2.24) is 19.6 Å². The molecule has 3 N–H and O–H groups in total. The maximum Gasteiger partial charge on any atom is 0.259 e. The largest absolute Gasteiger partial charge is 0.382 e. The van der Waals surface area contributed by atoms with E-state index >= 15 is 0 Å². The minimum Gasteiger partial charge on any atom is -0.382 e. The molecule has 0 saturated heterocycles. The first kappa shape index (κ1) is 22.0. The number of amides is 1. The monoisotopic (exact) mass is 440 g/mol. The van der Waals surface area contributed by atoms with Crippen molar-refractivity contribution in [2.45, 2.75) is 26.4 Å². The summed E-state index contributed by atoms with van der Waals surface area (Å²) in [5, 5.41) is 7.33. The molecule has 0 spiro atoms. The molecule has 0 aliphatic carbocycles. The van der Waals surface area contributed by atoms with E-state index < -0.39 is 0 Å². The number of nitrogens with one attached hydrogen (secondary N) is 1. The zero-order valence-electron chi connectivity index (χ0n) is 18.7. The molecular formula is C25H24N6O2. The Labute approximate surface area is 191 Å². The molecule has 0 aliphatic heterocycles. The summed E-state index contributed by atoms with van der Waals surface area (Å²) in [5.74, 6) is 6.19. The highest BCUT2D eigenvalue weighted by molar-refractivity contribution is 6.13. The molecule has 0 unspecified atom stereocenters. The van der Waals surface area contributed by atoms with Crippen molar-refractivity contribution in [2.24, 2.45) is 0 Å². The molecule has 4 rings (SSSR count). The van der Waals surface area contributed by atoms with E-state index in [0.29, 0.717) is 28.9 Å². The molecule has 0 saturated carbocycles. The van der Waals surface area contributed by atoms with Crippen molar-refractivity contribution < 1.29 is 9.53 Å². The van der Waals surface area contributed by atoms with Crippen LogP contribution in [0.3, 0.4) is 0 Å². The molecule has 3 aromatic heterocycles. The molecule has 0 fully saturated rings. The number of rotatable bonds is 5. The van der Waals surface area contributed by atoms with Crippen LogP contribution in [-0.4, -0.2) is 32.6 Å². The Balaban J connectivity index is 1.85. The number of nitrogens with zero attached hydrogens (tertiary/aromatic N) is 4. The lowest BCUT2D eigenvalue weighted by molar-refractivity contribution is 0.102. The number of fused-ring (bicyclic) bond motifs is 1. The van der Waals surface area contributed by atoms with E-state index in [4.69, 9.17) is 10.5 Å². The van der Waals surface area contributed by atoms with Crippen LogP contribution in [0.2, 0.25) is 0 Å². The first-order valence-electron chi connectivity index (χ1n) is 10.5. The Morgan fingerprint density at radius 1 is 1.21 bits per heavy atom. The molecule has 0 aliphatic rings. The highest BCUT2D eigenvalue weighted by Crippen LogP contribution is 2.31. The average molecular weight is 441 g/mol. The van der Waals surface area contributed by atoms with Crippen LogP contribution in [0.5, 0.6) is 0 Å². The van der Waals surface area contributed by atoms with Crippen LogP contribution in [0, 0.1) is 11.8 Å². The van der Waals surface area contributed by atoms with Crippen LogP contribution >= 0.6 is 0 Å². The Morgan fingerprint density at radius 3 is 2.67 bits per heavy atom. The number of carbonyl (C=O) groups is 1. The van der Waals surface area contributed by atoms with Gasteiger partial charge in [0.05, 0.1) is 23.4 Å². The van der Waals surface area contributed by atoms with E-state index in [2.05, 4.69) is 32.2 Å². The van der Waals surface area contributed by atoms with Gasteiger partial charge in [0.1, 0.15) is 11.8 Å². The number of nitrogen functional groups attached to an aromatic ring is 1. The third-order valence-electron chi connectivity index (χ3n) is 5.08. The van der Waals surface area contributed by atoms with Gasteiger partial charge in [-0.1, -0.05) is 37.8 Å². The maximum atomic E-state index is 13.5. The minimum absolute atomic E-state index is 0.0277. The number of pyridine rings is 1. The van der Waals surface area contributed by atoms with Crippen molar-refractivity contribution in [3.63, 3.8) is 0 Å². The first-order chi connectivity index (χ1) is 16.0. The molecule has 166 valence electrons. The molecule has 8 heteroatoms. The fraction of sp³-hybridized carbons (Fsp3) is 0.200. The zero-order valence-corrected chi connectivity index (χ0v) is 18.7. The summed E-state index contributed by atoms with van der Waals surface area (Å²) >= 11 is 0. The quantitative estimate of drug-likeness (QED) is 0.459. The SMILES string of the molecule is COCc1ccc(NC(=O)c2c(C#Cc3cccnc3)c(C(C)C)n3ncnc(N)c23)cc1. The van der Waals surface area contributed by atoms with Gasteiger partial charge in [-0.05, 0) is 35.7 Å². The predicted molar refractivity (Wildman–Crippen MR) is 127 cm³/mol. The van der Waals surface area contributed by atoms with Crippen molar-refractivity contribution in [3.8, 4) is 11.8 Å². The second-order valence-corrected chi connectivity index (χ2v) is 7.77. The third-order valence-corrected chi connectivity index (χ3v) is 5.08. The van der Waals surface area contributed by atoms with Crippen LogP contribution in [0.4, 0.5) is 11.5 Å². The van der Waals surface area contributed by atoms with Crippen LogP contribution in [0.1, 0.15) is 52.5 Å². The number of nitrogens with two attached hydrogens (primary N) is 1. The molecule has 0 bridgehead atoms. The predicted octanol–water partition coefficient (Wildman–Crippen LogP) is 3.63. The van der Waals surface area contributed by atoms with E-state index in [-0.39, 0.29) is 17.6 Å². The maximum absolute atomic E-state index is 13.5. The van der Waals surface area contributed by atoms with Crippen molar-refractivity contribution in [2.75, 3.05) is 18.2 Å². The number of ether oxygens (including phenoxy) is 1. The van der Waals surface area contributed by atoms with Crippen LogP contribution in [0.25, 0.3) is 5.52 Å². The van der Waals surface area contributed by atoms with Crippen LogP contribution < -0.4 is 11.1 Å². The average Bonchev–Trinajstić information content (AvgIpc) is 3.16. The van der Waals surface area contributed by atoms with Gasteiger partial charge in [0.15, 0.2) is 5.82 Å². The van der Waals surface area contributed by atoms with Crippen molar-refractivity contribution in [1.29, 1.82) is 0 Å². The van der Waals surface area contributed by atoms with Gasteiger partial charge in [-0.3, -0.25) is 9.78 Å². The van der Waals surface area contributed by atoms with E-state index in [9.17, 15) is 4.79 Å². The smallest absolute Gasteiger partial charge is 0.259 e. The highest BCUT2D eigenvalue weighted by atomic mass is 16.5. The van der Waals surface area contributed by atoms with E-state index in [1.807, 2.05) is 50.2 Å². The minimum atomic E-state index is -0.337. The zero-order chi connectivity index (χ0) is 23.4. The fourth-order valence-electron chi connectivity index (χ4n) is 3.63. The third kappa shape index (κ3) is 4.54. The molecule has 0 atom stereocenters. The van der Waals surface area contributed by atoms with E-state index in [1.165, 1.54) is 6.33 Å². The number of hydrogen-bond donors (Lipinski definition) is 2. The molecule has 8 nitrogen and oxygen atoms in total.